The average molecular weight is 294 g/mol. The number of nitrogens with one attached hydrogen (secondary N) is 1. The molecule has 3 atom stereocenters. The standard InChI is InChI=1S/C17H24ClNO/c1-12-3-2-6-17(20,10-12)11-19-16-8-13-4-5-15(18)7-14(13)9-16/h4-5,7,12,16,19-20H,2-3,6,8-11H2,1H3. The van der Waals surface area contributed by atoms with Crippen molar-refractivity contribution in [3.8, 4) is 0 Å². The van der Waals surface area contributed by atoms with Crippen LogP contribution in [0.1, 0.15) is 43.7 Å². The molecule has 0 aromatic heterocycles. The van der Waals surface area contributed by atoms with Gasteiger partial charge in [0.25, 0.3) is 0 Å². The lowest BCUT2D eigenvalue weighted by atomic mass is 9.79. The summed E-state index contributed by atoms with van der Waals surface area (Å²) < 4.78 is 0. The fraction of sp³-hybridized carbons (Fsp3) is 0.647. The highest BCUT2D eigenvalue weighted by Gasteiger charge is 2.33. The van der Waals surface area contributed by atoms with Crippen LogP contribution in [0.3, 0.4) is 0 Å². The van der Waals surface area contributed by atoms with Gasteiger partial charge in [0, 0.05) is 17.6 Å². The molecule has 1 saturated carbocycles. The summed E-state index contributed by atoms with van der Waals surface area (Å²) in [6.45, 7) is 2.97. The normalized spacial score (nSPS) is 33.1. The molecule has 3 unspecified atom stereocenters. The van der Waals surface area contributed by atoms with Gasteiger partial charge in [-0.15, -0.1) is 0 Å². The van der Waals surface area contributed by atoms with Crippen molar-refractivity contribution in [3.63, 3.8) is 0 Å². The molecule has 0 heterocycles. The zero-order chi connectivity index (χ0) is 14.2. The van der Waals surface area contributed by atoms with Gasteiger partial charge in [-0.05, 0) is 54.9 Å². The highest BCUT2D eigenvalue weighted by molar-refractivity contribution is 6.30. The van der Waals surface area contributed by atoms with Crippen molar-refractivity contribution in [2.24, 2.45) is 5.92 Å². The Kier molecular flexibility index (Phi) is 4.07. The SMILES string of the molecule is CC1CCCC(O)(CNC2Cc3ccc(Cl)cc3C2)C1. The number of benzene rings is 1. The van der Waals surface area contributed by atoms with Crippen LogP contribution < -0.4 is 5.32 Å². The van der Waals surface area contributed by atoms with Gasteiger partial charge < -0.3 is 10.4 Å². The molecule has 0 saturated heterocycles. The Bertz CT molecular complexity index is 490. The third-order valence-electron chi connectivity index (χ3n) is 4.89. The maximum atomic E-state index is 10.7. The number of rotatable bonds is 3. The van der Waals surface area contributed by atoms with Crippen LogP contribution in [-0.2, 0) is 12.8 Å². The predicted molar refractivity (Wildman–Crippen MR) is 83.2 cm³/mol. The van der Waals surface area contributed by atoms with E-state index in [0.29, 0.717) is 12.0 Å². The first kappa shape index (κ1) is 14.4. The van der Waals surface area contributed by atoms with Crippen molar-refractivity contribution in [1.82, 2.24) is 5.32 Å². The molecular weight excluding hydrogens is 270 g/mol. The average Bonchev–Trinajstić information content (AvgIpc) is 2.78. The lowest BCUT2D eigenvalue weighted by molar-refractivity contribution is -0.0135. The minimum absolute atomic E-state index is 0.449. The Hall–Kier alpha value is -0.570. The molecule has 1 aromatic rings. The molecule has 3 heteroatoms. The van der Waals surface area contributed by atoms with Gasteiger partial charge in [-0.2, -0.15) is 0 Å². The van der Waals surface area contributed by atoms with Crippen LogP contribution in [0.25, 0.3) is 0 Å². The van der Waals surface area contributed by atoms with Crippen LogP contribution in [0.2, 0.25) is 5.02 Å². The number of aliphatic hydroxyl groups is 1. The second-order valence-corrected chi connectivity index (χ2v) is 7.26. The second kappa shape index (κ2) is 5.67. The Labute approximate surface area is 126 Å². The van der Waals surface area contributed by atoms with E-state index >= 15 is 0 Å². The van der Waals surface area contributed by atoms with Gasteiger partial charge in [0.15, 0.2) is 0 Å². The summed E-state index contributed by atoms with van der Waals surface area (Å²) in [5.74, 6) is 0.648. The van der Waals surface area contributed by atoms with E-state index in [1.165, 1.54) is 17.5 Å². The maximum Gasteiger partial charge on any atom is 0.0774 e. The molecule has 2 nitrogen and oxygen atoms in total. The highest BCUT2D eigenvalue weighted by Crippen LogP contribution is 2.32. The van der Waals surface area contributed by atoms with Crippen LogP contribution in [0, 0.1) is 5.92 Å². The molecular formula is C17H24ClNO. The van der Waals surface area contributed by atoms with Gasteiger partial charge in [-0.1, -0.05) is 37.4 Å². The Balaban J connectivity index is 1.56. The Morgan fingerprint density at radius 1 is 1.35 bits per heavy atom. The molecule has 2 aliphatic carbocycles. The van der Waals surface area contributed by atoms with E-state index in [4.69, 9.17) is 11.6 Å². The van der Waals surface area contributed by atoms with E-state index in [2.05, 4.69) is 24.4 Å². The van der Waals surface area contributed by atoms with Crippen LogP contribution in [0.15, 0.2) is 18.2 Å². The minimum atomic E-state index is -0.496. The van der Waals surface area contributed by atoms with Crippen LogP contribution in [-0.4, -0.2) is 23.3 Å². The molecule has 2 aliphatic rings. The number of hydrogen-bond acceptors (Lipinski definition) is 2. The topological polar surface area (TPSA) is 32.3 Å². The zero-order valence-electron chi connectivity index (χ0n) is 12.2. The molecule has 1 fully saturated rings. The predicted octanol–water partition coefficient (Wildman–Crippen LogP) is 3.34. The van der Waals surface area contributed by atoms with Gasteiger partial charge in [0.1, 0.15) is 0 Å². The molecule has 3 rings (SSSR count). The first-order valence-corrected chi connectivity index (χ1v) is 8.15. The lowest BCUT2D eigenvalue weighted by Gasteiger charge is -2.36. The van der Waals surface area contributed by atoms with E-state index in [1.807, 2.05) is 6.07 Å². The molecule has 1 aromatic carbocycles. The van der Waals surface area contributed by atoms with Gasteiger partial charge in [0.2, 0.25) is 0 Å². The van der Waals surface area contributed by atoms with Gasteiger partial charge in [-0.3, -0.25) is 0 Å². The van der Waals surface area contributed by atoms with Gasteiger partial charge in [-0.25, -0.2) is 0 Å². The fourth-order valence-electron chi connectivity index (χ4n) is 3.86. The monoisotopic (exact) mass is 293 g/mol. The fourth-order valence-corrected chi connectivity index (χ4v) is 4.05. The van der Waals surface area contributed by atoms with E-state index in [9.17, 15) is 5.11 Å². The molecule has 0 aliphatic heterocycles. The Morgan fingerprint density at radius 2 is 2.15 bits per heavy atom. The number of fused-ring (bicyclic) bond motifs is 1. The van der Waals surface area contributed by atoms with Gasteiger partial charge >= 0.3 is 0 Å². The summed E-state index contributed by atoms with van der Waals surface area (Å²) in [6, 6.07) is 6.64. The molecule has 0 amide bonds. The van der Waals surface area contributed by atoms with E-state index < -0.39 is 5.60 Å². The molecule has 20 heavy (non-hydrogen) atoms. The van der Waals surface area contributed by atoms with Crippen molar-refractivity contribution >= 4 is 11.6 Å². The second-order valence-electron chi connectivity index (χ2n) is 6.82. The summed E-state index contributed by atoms with van der Waals surface area (Å²) in [4.78, 5) is 0. The van der Waals surface area contributed by atoms with Crippen LogP contribution >= 0.6 is 11.6 Å². The minimum Gasteiger partial charge on any atom is -0.389 e. The van der Waals surface area contributed by atoms with Crippen LogP contribution in [0.5, 0.6) is 0 Å². The van der Waals surface area contributed by atoms with Crippen molar-refractivity contribution in [3.05, 3.63) is 34.3 Å². The molecule has 0 bridgehead atoms. The summed E-state index contributed by atoms with van der Waals surface area (Å²) in [5, 5.41) is 15.1. The summed E-state index contributed by atoms with van der Waals surface area (Å²) >= 11 is 6.05. The van der Waals surface area contributed by atoms with Gasteiger partial charge in [0.05, 0.1) is 5.60 Å². The number of hydrogen-bond donors (Lipinski definition) is 2. The van der Waals surface area contributed by atoms with E-state index in [-0.39, 0.29) is 0 Å². The van der Waals surface area contributed by atoms with Crippen molar-refractivity contribution in [2.75, 3.05) is 6.54 Å². The number of halogens is 1. The van der Waals surface area contributed by atoms with Crippen molar-refractivity contribution in [2.45, 2.75) is 57.1 Å². The summed E-state index contributed by atoms with van der Waals surface area (Å²) in [5.41, 5.74) is 2.26. The quantitative estimate of drug-likeness (QED) is 0.896. The molecule has 0 radical (unpaired) electrons. The molecule has 110 valence electrons. The smallest absolute Gasteiger partial charge is 0.0774 e. The largest absolute Gasteiger partial charge is 0.389 e. The van der Waals surface area contributed by atoms with Crippen LogP contribution in [0.4, 0.5) is 0 Å². The maximum absolute atomic E-state index is 10.7. The lowest BCUT2D eigenvalue weighted by Crippen LogP contribution is -2.47. The zero-order valence-corrected chi connectivity index (χ0v) is 12.9. The highest BCUT2D eigenvalue weighted by atomic mass is 35.5. The van der Waals surface area contributed by atoms with Crippen molar-refractivity contribution in [1.29, 1.82) is 0 Å². The first-order chi connectivity index (χ1) is 9.54. The third-order valence-corrected chi connectivity index (χ3v) is 5.12. The first-order valence-electron chi connectivity index (χ1n) is 7.77. The van der Waals surface area contributed by atoms with E-state index in [0.717, 1.165) is 43.7 Å². The van der Waals surface area contributed by atoms with Crippen molar-refractivity contribution < 1.29 is 5.11 Å². The molecule has 2 N–H and O–H groups in total. The summed E-state index contributed by atoms with van der Waals surface area (Å²) in [7, 11) is 0. The molecule has 0 spiro atoms. The van der Waals surface area contributed by atoms with E-state index in [1.54, 1.807) is 0 Å². The summed E-state index contributed by atoms with van der Waals surface area (Å²) in [6.07, 6.45) is 6.37. The third kappa shape index (κ3) is 3.19. The Morgan fingerprint density at radius 3 is 2.95 bits per heavy atom.